The number of phenolic OH excluding ortho intramolecular Hbond substituents is 1. The Hall–Kier alpha value is -4.42. The first-order chi connectivity index (χ1) is 24.5. The lowest BCUT2D eigenvalue weighted by molar-refractivity contribution is -0.140. The fourth-order valence-corrected chi connectivity index (χ4v) is 9.25. The molecular weight excluding hydrogens is 845 g/mol. The van der Waals surface area contributed by atoms with Crippen LogP contribution in [0.1, 0.15) is 35.4 Å². The number of likely N-dealkylation sites (tertiary alicyclic amines) is 1. The van der Waals surface area contributed by atoms with Crippen molar-refractivity contribution in [2.24, 2.45) is 29.4 Å². The Morgan fingerprint density at radius 2 is 1.77 bits per heavy atom. The van der Waals surface area contributed by atoms with Crippen LogP contribution in [0, 0.1) is 27.2 Å². The number of nitrogens with one attached hydrogen (secondary N) is 1. The Balaban J connectivity index is 1.47. The number of primary amides is 1. The van der Waals surface area contributed by atoms with Crippen molar-refractivity contribution in [3.05, 3.63) is 90.6 Å². The number of alkyl halides is 3. The number of carbonyl (C=O) groups is 5. The molecule has 270 valence electrons. The molecule has 0 unspecified atom stereocenters. The van der Waals surface area contributed by atoms with E-state index >= 15 is 4.79 Å². The Labute approximate surface area is 316 Å². The summed E-state index contributed by atoms with van der Waals surface area (Å²) in [7, 11) is 1.33. The molecule has 0 bridgehead atoms. The zero-order valence-electron chi connectivity index (χ0n) is 26.6. The smallest absolute Gasteiger partial charge is 0.417 e. The van der Waals surface area contributed by atoms with Crippen LogP contribution in [0.4, 0.5) is 23.8 Å². The number of carbonyl (C=O) groups excluding carboxylic acids is 5. The van der Waals surface area contributed by atoms with Crippen LogP contribution in [-0.4, -0.2) is 56.8 Å². The number of hydrazine groups is 1. The minimum atomic E-state index is -4.77. The third-order valence-electron chi connectivity index (χ3n) is 10.4. The third kappa shape index (κ3) is 5.23. The molecule has 0 radical (unpaired) electrons. The van der Waals surface area contributed by atoms with Crippen LogP contribution in [-0.2, 0) is 30.8 Å². The number of anilines is 1. The van der Waals surface area contributed by atoms with Crippen molar-refractivity contribution < 1.29 is 47.0 Å². The zero-order chi connectivity index (χ0) is 37.6. The summed E-state index contributed by atoms with van der Waals surface area (Å²) in [6.45, 7) is 0. The quantitative estimate of drug-likeness (QED) is 0.163. The standard InChI is InChI=1S/C34H25Cl2F3IN5O7/c1-52-23-9-13(8-22(40)26(23)46)25-17-6-7-18-24(30(49)44(28(18)47)32(41)51)19(17)11-20-29(48)45(31(50)33(20,25)14-2-4-16(35)5-3-14)43-27-21(36)10-15(12-42-27)34(37,38)39/h2-6,8-10,12,18-20,24-25,46H,7,11H2,1H3,(H2,41,51)(H,42,43)/t18-,19+,20-,24-,25-,33+/m0/s1. The molecule has 2 aliphatic heterocycles. The molecule has 6 atom stereocenters. The molecule has 4 N–H and O–H groups in total. The van der Waals surface area contributed by atoms with Crippen LogP contribution in [0.3, 0.4) is 0 Å². The molecule has 0 spiro atoms. The monoisotopic (exact) mass is 869 g/mol. The maximum absolute atomic E-state index is 15.2. The Bertz CT molecular complexity index is 2130. The number of ether oxygens (including phenoxy) is 1. The number of halogens is 6. The second kappa shape index (κ2) is 12.6. The van der Waals surface area contributed by atoms with Crippen molar-refractivity contribution in [3.8, 4) is 11.5 Å². The van der Waals surface area contributed by atoms with E-state index in [2.05, 4.69) is 10.4 Å². The van der Waals surface area contributed by atoms with E-state index in [-0.39, 0.29) is 24.3 Å². The highest BCUT2D eigenvalue weighted by Gasteiger charge is 2.70. The van der Waals surface area contributed by atoms with E-state index in [9.17, 15) is 37.5 Å². The maximum Gasteiger partial charge on any atom is 0.417 e. The van der Waals surface area contributed by atoms with Crippen molar-refractivity contribution in [2.75, 3.05) is 12.5 Å². The fraction of sp³-hybridized carbons (Fsp3) is 0.294. The van der Waals surface area contributed by atoms with Gasteiger partial charge >= 0.3 is 12.2 Å². The first-order valence-electron chi connectivity index (χ1n) is 15.6. The third-order valence-corrected chi connectivity index (χ3v) is 11.7. The fourth-order valence-electron chi connectivity index (χ4n) is 8.29. The van der Waals surface area contributed by atoms with Crippen molar-refractivity contribution in [2.45, 2.75) is 30.4 Å². The average molecular weight is 870 g/mol. The van der Waals surface area contributed by atoms with Crippen LogP contribution >= 0.6 is 45.8 Å². The Morgan fingerprint density at radius 3 is 2.38 bits per heavy atom. The summed E-state index contributed by atoms with van der Waals surface area (Å²) in [6, 6.07) is 8.69. The summed E-state index contributed by atoms with van der Waals surface area (Å²) in [5, 5.41) is 11.2. The lowest BCUT2D eigenvalue weighted by atomic mass is 9.49. The Morgan fingerprint density at radius 1 is 1.08 bits per heavy atom. The normalized spacial score (nSPS) is 26.9. The Kier molecular flexibility index (Phi) is 8.72. The molecule has 6 amide bonds. The molecule has 2 aliphatic carbocycles. The van der Waals surface area contributed by atoms with Crippen LogP contribution < -0.4 is 15.9 Å². The molecule has 2 saturated heterocycles. The van der Waals surface area contributed by atoms with Crippen molar-refractivity contribution in [3.63, 3.8) is 0 Å². The number of hydrogen-bond acceptors (Lipinski definition) is 9. The van der Waals surface area contributed by atoms with E-state index in [0.29, 0.717) is 47.5 Å². The topological polar surface area (TPSA) is 172 Å². The molecule has 1 aromatic heterocycles. The van der Waals surface area contributed by atoms with Gasteiger partial charge in [0.15, 0.2) is 17.3 Å². The number of fused-ring (bicyclic) bond motifs is 4. The van der Waals surface area contributed by atoms with Crippen molar-refractivity contribution >= 4 is 81.3 Å². The van der Waals surface area contributed by atoms with E-state index in [1.54, 1.807) is 24.3 Å². The van der Waals surface area contributed by atoms with Gasteiger partial charge in [-0.2, -0.15) is 23.1 Å². The van der Waals surface area contributed by atoms with Gasteiger partial charge in [-0.1, -0.05) is 47.0 Å². The van der Waals surface area contributed by atoms with E-state index in [1.165, 1.54) is 25.3 Å². The molecule has 3 heterocycles. The van der Waals surface area contributed by atoms with Gasteiger partial charge in [-0.05, 0) is 82.8 Å². The van der Waals surface area contributed by atoms with Gasteiger partial charge in [0, 0.05) is 17.1 Å². The van der Waals surface area contributed by atoms with E-state index in [0.717, 1.165) is 0 Å². The van der Waals surface area contributed by atoms with Gasteiger partial charge in [0.05, 0.1) is 44.4 Å². The molecule has 1 saturated carbocycles. The largest absolute Gasteiger partial charge is 0.504 e. The summed E-state index contributed by atoms with van der Waals surface area (Å²) in [6.07, 6.45) is -2.70. The summed E-state index contributed by atoms with van der Waals surface area (Å²) >= 11 is 14.4. The first kappa shape index (κ1) is 36.0. The number of methoxy groups -OCH3 is 1. The van der Waals surface area contributed by atoms with Crippen molar-refractivity contribution in [1.82, 2.24) is 14.9 Å². The van der Waals surface area contributed by atoms with Crippen LogP contribution in [0.5, 0.6) is 11.5 Å². The number of pyridine rings is 1. The van der Waals surface area contributed by atoms with E-state index in [1.807, 2.05) is 22.6 Å². The highest BCUT2D eigenvalue weighted by molar-refractivity contribution is 14.1. The number of benzene rings is 2. The molecule has 12 nitrogen and oxygen atoms in total. The molecule has 2 aromatic carbocycles. The number of imide groups is 4. The summed E-state index contributed by atoms with van der Waals surface area (Å²) in [4.78, 5) is 73.4. The number of nitrogens with zero attached hydrogens (tertiary/aromatic N) is 3. The predicted octanol–water partition coefficient (Wildman–Crippen LogP) is 5.79. The van der Waals surface area contributed by atoms with Crippen molar-refractivity contribution in [1.29, 1.82) is 0 Å². The number of hydrogen-bond donors (Lipinski definition) is 3. The number of allylic oxidation sites excluding steroid dienone is 2. The van der Waals surface area contributed by atoms with Crippen LogP contribution in [0.2, 0.25) is 10.0 Å². The maximum atomic E-state index is 15.2. The first-order valence-corrected chi connectivity index (χ1v) is 17.4. The molecular formula is C34H25Cl2F3IN5O7. The number of urea groups is 1. The highest BCUT2D eigenvalue weighted by atomic mass is 127. The van der Waals surface area contributed by atoms with Gasteiger partial charge in [0.2, 0.25) is 11.8 Å². The molecule has 7 rings (SSSR count). The molecule has 4 aliphatic rings. The molecule has 52 heavy (non-hydrogen) atoms. The highest BCUT2D eigenvalue weighted by Crippen LogP contribution is 2.64. The zero-order valence-corrected chi connectivity index (χ0v) is 30.2. The number of amides is 6. The van der Waals surface area contributed by atoms with Crippen LogP contribution in [0.15, 0.2) is 60.3 Å². The number of aromatic nitrogens is 1. The van der Waals surface area contributed by atoms with E-state index < -0.39 is 87.2 Å². The van der Waals surface area contributed by atoms with Gasteiger partial charge in [0.1, 0.15) is 0 Å². The number of rotatable bonds is 5. The average Bonchev–Trinajstić information content (AvgIpc) is 3.47. The minimum absolute atomic E-state index is 0.00418. The number of nitrogens with two attached hydrogens (primary N) is 1. The van der Waals surface area contributed by atoms with Crippen LogP contribution in [0.25, 0.3) is 0 Å². The summed E-state index contributed by atoms with van der Waals surface area (Å²) < 4.78 is 46.0. The molecule has 3 fully saturated rings. The number of phenols is 1. The molecule has 3 aromatic rings. The predicted molar refractivity (Wildman–Crippen MR) is 186 cm³/mol. The second-order valence-electron chi connectivity index (χ2n) is 12.8. The second-order valence-corrected chi connectivity index (χ2v) is 14.8. The summed E-state index contributed by atoms with van der Waals surface area (Å²) in [5.41, 5.74) is 6.25. The van der Waals surface area contributed by atoms with E-state index in [4.69, 9.17) is 33.7 Å². The van der Waals surface area contributed by atoms with Gasteiger partial charge in [0.25, 0.3) is 11.8 Å². The van der Waals surface area contributed by atoms with Gasteiger partial charge < -0.3 is 15.6 Å². The minimum Gasteiger partial charge on any atom is -0.504 e. The lowest BCUT2D eigenvalue weighted by Crippen LogP contribution is -2.53. The van der Waals surface area contributed by atoms with Gasteiger partial charge in [-0.15, -0.1) is 0 Å². The van der Waals surface area contributed by atoms with Gasteiger partial charge in [-0.25, -0.2) is 9.78 Å². The number of aromatic hydroxyl groups is 1. The SMILES string of the molecule is COc1cc([C@H]2C3=CC[C@@H]4C(=O)N(C(N)=O)C(=O)[C@@H]4[C@@H]3C[C@H]3C(=O)N(Nc4ncc(C(F)(F)F)cc4Cl)C(=O)[C@@]23c2ccc(Cl)cc2)cc(I)c1O. The molecule has 18 heteroatoms. The lowest BCUT2D eigenvalue weighted by Gasteiger charge is -2.50. The summed E-state index contributed by atoms with van der Waals surface area (Å²) in [5.74, 6) is -9.13. The van der Waals surface area contributed by atoms with Gasteiger partial charge in [-0.3, -0.25) is 24.6 Å².